The second kappa shape index (κ2) is 4.37. The minimum absolute atomic E-state index is 0.113. The Hall–Kier alpha value is -1.16. The smallest absolute Gasteiger partial charge is 0.387 e. The zero-order chi connectivity index (χ0) is 10.7. The summed E-state index contributed by atoms with van der Waals surface area (Å²) in [6, 6.07) is 2.47. The third kappa shape index (κ3) is 2.42. The molecule has 2 nitrogen and oxygen atoms in total. The first-order chi connectivity index (χ1) is 6.54. The highest BCUT2D eigenvalue weighted by Crippen LogP contribution is 2.26. The van der Waals surface area contributed by atoms with Crippen LogP contribution in [0, 0.1) is 6.92 Å². The zero-order valence-corrected chi connectivity index (χ0v) is 8.02. The van der Waals surface area contributed by atoms with E-state index < -0.39 is 6.61 Å². The predicted octanol–water partition coefficient (Wildman–Crippen LogP) is 3.06. The molecule has 1 aromatic carbocycles. The van der Waals surface area contributed by atoms with Gasteiger partial charge in [0.15, 0.2) is 6.29 Å². The van der Waals surface area contributed by atoms with Crippen molar-refractivity contribution in [3.8, 4) is 5.75 Å². The van der Waals surface area contributed by atoms with Crippen LogP contribution < -0.4 is 4.74 Å². The Morgan fingerprint density at radius 1 is 1.50 bits per heavy atom. The number of benzene rings is 1. The number of ether oxygens (including phenoxy) is 1. The largest absolute Gasteiger partial charge is 0.435 e. The molecular weight excluding hydrogens is 214 g/mol. The first kappa shape index (κ1) is 10.9. The predicted molar refractivity (Wildman–Crippen MR) is 48.2 cm³/mol. The van der Waals surface area contributed by atoms with Gasteiger partial charge in [0.25, 0.3) is 0 Å². The number of carbonyl (C=O) groups excluding carboxylic acids is 1. The van der Waals surface area contributed by atoms with Crippen LogP contribution in [0.1, 0.15) is 15.9 Å². The van der Waals surface area contributed by atoms with Crippen LogP contribution in [0.2, 0.25) is 5.02 Å². The van der Waals surface area contributed by atoms with Crippen LogP contribution in [-0.2, 0) is 0 Å². The van der Waals surface area contributed by atoms with Crippen LogP contribution in [-0.4, -0.2) is 12.9 Å². The van der Waals surface area contributed by atoms with Crippen molar-refractivity contribution >= 4 is 17.9 Å². The highest BCUT2D eigenvalue weighted by Gasteiger charge is 2.09. The quantitative estimate of drug-likeness (QED) is 0.732. The molecule has 0 aliphatic carbocycles. The van der Waals surface area contributed by atoms with Crippen LogP contribution in [0.4, 0.5) is 8.78 Å². The third-order valence-corrected chi connectivity index (χ3v) is 2.10. The van der Waals surface area contributed by atoms with Gasteiger partial charge in [-0.1, -0.05) is 11.6 Å². The maximum Gasteiger partial charge on any atom is 0.387 e. The van der Waals surface area contributed by atoms with E-state index in [1.54, 1.807) is 6.92 Å². The summed E-state index contributed by atoms with van der Waals surface area (Å²) in [5, 5.41) is 0.227. The van der Waals surface area contributed by atoms with Crippen molar-refractivity contribution in [1.82, 2.24) is 0 Å². The Bertz CT molecular complexity index is 353. The molecule has 0 saturated heterocycles. The molecule has 14 heavy (non-hydrogen) atoms. The second-order valence-corrected chi connectivity index (χ2v) is 3.02. The number of aldehydes is 1. The molecule has 76 valence electrons. The molecule has 0 unspecified atom stereocenters. The lowest BCUT2D eigenvalue weighted by molar-refractivity contribution is -0.0498. The molecule has 0 saturated carbocycles. The molecule has 0 heterocycles. The van der Waals surface area contributed by atoms with E-state index in [4.69, 9.17) is 11.6 Å². The number of halogens is 3. The lowest BCUT2D eigenvalue weighted by Gasteiger charge is -2.07. The van der Waals surface area contributed by atoms with Crippen LogP contribution in [0.5, 0.6) is 5.75 Å². The van der Waals surface area contributed by atoms with Crippen LogP contribution in [0.3, 0.4) is 0 Å². The van der Waals surface area contributed by atoms with Gasteiger partial charge in [0.05, 0.1) is 0 Å². The van der Waals surface area contributed by atoms with Gasteiger partial charge in [-0.05, 0) is 24.6 Å². The van der Waals surface area contributed by atoms with E-state index >= 15 is 0 Å². The third-order valence-electron chi connectivity index (χ3n) is 1.71. The van der Waals surface area contributed by atoms with Crippen molar-refractivity contribution in [3.05, 3.63) is 28.3 Å². The summed E-state index contributed by atoms with van der Waals surface area (Å²) in [5.41, 5.74) is 0.788. The molecule has 0 aliphatic rings. The molecule has 0 N–H and O–H groups in total. The SMILES string of the molecule is Cc1c(Cl)cc(OC(F)F)cc1C=O. The average molecular weight is 221 g/mol. The summed E-state index contributed by atoms with van der Waals surface area (Å²) in [6.07, 6.45) is 0.541. The molecule has 0 spiro atoms. The van der Waals surface area contributed by atoms with E-state index in [1.165, 1.54) is 12.1 Å². The van der Waals surface area contributed by atoms with E-state index in [9.17, 15) is 13.6 Å². The van der Waals surface area contributed by atoms with Gasteiger partial charge in [0, 0.05) is 10.6 Å². The van der Waals surface area contributed by atoms with Crippen molar-refractivity contribution < 1.29 is 18.3 Å². The molecule has 1 aromatic rings. The van der Waals surface area contributed by atoms with Crippen LogP contribution in [0.15, 0.2) is 12.1 Å². The maximum atomic E-state index is 11.8. The lowest BCUT2D eigenvalue weighted by atomic mass is 10.1. The fourth-order valence-electron chi connectivity index (χ4n) is 0.968. The van der Waals surface area contributed by atoms with Gasteiger partial charge in [0.1, 0.15) is 5.75 Å². The number of alkyl halides is 2. The summed E-state index contributed by atoms with van der Waals surface area (Å²) in [5.74, 6) is -0.113. The van der Waals surface area contributed by atoms with E-state index in [0.717, 1.165) is 0 Å². The average Bonchev–Trinajstić information content (AvgIpc) is 2.10. The summed E-state index contributed by atoms with van der Waals surface area (Å²) >= 11 is 5.70. The van der Waals surface area contributed by atoms with Gasteiger partial charge >= 0.3 is 6.61 Å². The summed E-state index contributed by atoms with van der Waals surface area (Å²) in [7, 11) is 0. The van der Waals surface area contributed by atoms with Crippen molar-refractivity contribution in [2.75, 3.05) is 0 Å². The second-order valence-electron chi connectivity index (χ2n) is 2.62. The number of hydrogen-bond acceptors (Lipinski definition) is 2. The molecule has 0 fully saturated rings. The molecule has 1 rings (SSSR count). The fraction of sp³-hybridized carbons (Fsp3) is 0.222. The van der Waals surface area contributed by atoms with Gasteiger partial charge in [-0.25, -0.2) is 0 Å². The van der Waals surface area contributed by atoms with Crippen LogP contribution >= 0.6 is 11.6 Å². The van der Waals surface area contributed by atoms with E-state index in [1.807, 2.05) is 0 Å². The van der Waals surface area contributed by atoms with Gasteiger partial charge in [-0.2, -0.15) is 8.78 Å². The Kier molecular flexibility index (Phi) is 3.41. The minimum atomic E-state index is -2.92. The first-order valence-electron chi connectivity index (χ1n) is 3.74. The van der Waals surface area contributed by atoms with Gasteiger partial charge in [-0.15, -0.1) is 0 Å². The van der Waals surface area contributed by atoms with E-state index in [-0.39, 0.29) is 16.3 Å². The van der Waals surface area contributed by atoms with E-state index in [2.05, 4.69) is 4.74 Å². The number of carbonyl (C=O) groups is 1. The van der Waals surface area contributed by atoms with Gasteiger partial charge in [-0.3, -0.25) is 4.79 Å². The Balaban J connectivity index is 3.09. The lowest BCUT2D eigenvalue weighted by Crippen LogP contribution is -2.03. The fourth-order valence-corrected chi connectivity index (χ4v) is 1.18. The van der Waals surface area contributed by atoms with Gasteiger partial charge in [0.2, 0.25) is 0 Å². The monoisotopic (exact) mass is 220 g/mol. The molecule has 0 bridgehead atoms. The molecule has 0 atom stereocenters. The van der Waals surface area contributed by atoms with Crippen molar-refractivity contribution in [2.24, 2.45) is 0 Å². The zero-order valence-electron chi connectivity index (χ0n) is 7.26. The molecule has 0 aliphatic heterocycles. The molecule has 5 heteroatoms. The topological polar surface area (TPSA) is 26.3 Å². The standard InChI is InChI=1S/C9H7ClF2O2/c1-5-6(4-13)2-7(3-8(5)10)14-9(11)12/h2-4,9H,1H3. The Morgan fingerprint density at radius 2 is 2.14 bits per heavy atom. The Labute approximate surface area is 84.4 Å². The first-order valence-corrected chi connectivity index (χ1v) is 4.12. The summed E-state index contributed by atoms with van der Waals surface area (Å²) in [6.45, 7) is -1.30. The van der Waals surface area contributed by atoms with Crippen molar-refractivity contribution in [1.29, 1.82) is 0 Å². The Morgan fingerprint density at radius 3 is 2.64 bits per heavy atom. The highest BCUT2D eigenvalue weighted by atomic mass is 35.5. The number of rotatable bonds is 3. The normalized spacial score (nSPS) is 10.4. The molecular formula is C9H7ClF2O2. The van der Waals surface area contributed by atoms with Crippen LogP contribution in [0.25, 0.3) is 0 Å². The van der Waals surface area contributed by atoms with E-state index in [0.29, 0.717) is 11.8 Å². The maximum absolute atomic E-state index is 11.8. The summed E-state index contributed by atoms with van der Waals surface area (Å²) < 4.78 is 27.8. The van der Waals surface area contributed by atoms with Crippen molar-refractivity contribution in [3.63, 3.8) is 0 Å². The minimum Gasteiger partial charge on any atom is -0.435 e. The molecule has 0 aromatic heterocycles. The van der Waals surface area contributed by atoms with Crippen molar-refractivity contribution in [2.45, 2.75) is 13.5 Å². The molecule has 0 amide bonds. The summed E-state index contributed by atoms with van der Waals surface area (Å²) in [4.78, 5) is 10.5. The van der Waals surface area contributed by atoms with Gasteiger partial charge < -0.3 is 4.74 Å². The highest BCUT2D eigenvalue weighted by molar-refractivity contribution is 6.31. The number of hydrogen-bond donors (Lipinski definition) is 0. The molecule has 0 radical (unpaired) electrons.